The molecule has 2 aromatic heterocycles. The zero-order chi connectivity index (χ0) is 13.9. The van der Waals surface area contributed by atoms with Gasteiger partial charge in [0, 0.05) is 37.4 Å². The van der Waals surface area contributed by atoms with Crippen molar-refractivity contribution in [1.29, 1.82) is 0 Å². The highest BCUT2D eigenvalue weighted by atomic mass is 15.3. The first kappa shape index (κ1) is 13.7. The maximum atomic E-state index is 4.31. The standard InChI is InChI=1S/C13H22N6/c1-13(2,3)15-9-12-14-10-17-19(12)8-6-11-5-7-16-18(11)4/h5,7,10,15H,6,8-9H2,1-4H3. The van der Waals surface area contributed by atoms with Gasteiger partial charge in [-0.05, 0) is 26.8 Å². The van der Waals surface area contributed by atoms with Crippen molar-refractivity contribution in [3.63, 3.8) is 0 Å². The molecule has 1 N–H and O–H groups in total. The van der Waals surface area contributed by atoms with Gasteiger partial charge in [0.25, 0.3) is 0 Å². The highest BCUT2D eigenvalue weighted by Gasteiger charge is 2.11. The van der Waals surface area contributed by atoms with Crippen molar-refractivity contribution in [1.82, 2.24) is 29.9 Å². The quantitative estimate of drug-likeness (QED) is 0.878. The van der Waals surface area contributed by atoms with Crippen LogP contribution in [0.15, 0.2) is 18.6 Å². The minimum absolute atomic E-state index is 0.0822. The summed E-state index contributed by atoms with van der Waals surface area (Å²) in [7, 11) is 1.96. The smallest absolute Gasteiger partial charge is 0.140 e. The second-order valence-electron chi connectivity index (χ2n) is 5.70. The van der Waals surface area contributed by atoms with E-state index in [0.717, 1.165) is 25.3 Å². The largest absolute Gasteiger partial charge is 0.305 e. The molecule has 0 saturated carbocycles. The van der Waals surface area contributed by atoms with Crippen molar-refractivity contribution >= 4 is 0 Å². The SMILES string of the molecule is Cn1nccc1CCn1ncnc1CNC(C)(C)C. The summed E-state index contributed by atoms with van der Waals surface area (Å²) in [5, 5.41) is 11.9. The van der Waals surface area contributed by atoms with Crippen LogP contribution in [0, 0.1) is 0 Å². The van der Waals surface area contributed by atoms with Crippen molar-refractivity contribution in [2.75, 3.05) is 0 Å². The predicted octanol–water partition coefficient (Wildman–Crippen LogP) is 1.14. The summed E-state index contributed by atoms with van der Waals surface area (Å²) in [5.74, 6) is 0.970. The fourth-order valence-electron chi connectivity index (χ4n) is 1.82. The Kier molecular flexibility index (Phi) is 3.99. The minimum Gasteiger partial charge on any atom is -0.305 e. The topological polar surface area (TPSA) is 60.6 Å². The van der Waals surface area contributed by atoms with E-state index in [1.54, 1.807) is 6.33 Å². The Morgan fingerprint density at radius 1 is 1.26 bits per heavy atom. The fraction of sp³-hybridized carbons (Fsp3) is 0.615. The molecule has 0 aliphatic rings. The lowest BCUT2D eigenvalue weighted by molar-refractivity contribution is 0.407. The van der Waals surface area contributed by atoms with Gasteiger partial charge in [-0.25, -0.2) is 9.67 Å². The molecule has 0 spiro atoms. The van der Waals surface area contributed by atoms with E-state index >= 15 is 0 Å². The molecule has 0 unspecified atom stereocenters. The molecule has 104 valence electrons. The maximum absolute atomic E-state index is 4.31. The Hall–Kier alpha value is -1.69. The molecule has 0 aliphatic heterocycles. The summed E-state index contributed by atoms with van der Waals surface area (Å²) in [6.07, 6.45) is 4.34. The number of rotatable bonds is 5. The lowest BCUT2D eigenvalue weighted by atomic mass is 10.1. The molecule has 0 radical (unpaired) electrons. The maximum Gasteiger partial charge on any atom is 0.140 e. The zero-order valence-corrected chi connectivity index (χ0v) is 12.1. The van der Waals surface area contributed by atoms with E-state index in [1.807, 2.05) is 28.7 Å². The van der Waals surface area contributed by atoms with Gasteiger partial charge < -0.3 is 5.32 Å². The van der Waals surface area contributed by atoms with Crippen LogP contribution >= 0.6 is 0 Å². The molecule has 0 aliphatic carbocycles. The first-order valence-electron chi connectivity index (χ1n) is 6.54. The Labute approximate surface area is 113 Å². The Bertz CT molecular complexity index is 519. The third-order valence-corrected chi connectivity index (χ3v) is 2.97. The zero-order valence-electron chi connectivity index (χ0n) is 12.1. The third kappa shape index (κ3) is 3.89. The van der Waals surface area contributed by atoms with Crippen LogP contribution in [0.5, 0.6) is 0 Å². The first-order valence-corrected chi connectivity index (χ1v) is 6.54. The number of nitrogens with zero attached hydrogens (tertiary/aromatic N) is 5. The fourth-order valence-corrected chi connectivity index (χ4v) is 1.82. The van der Waals surface area contributed by atoms with Crippen LogP contribution in [-0.4, -0.2) is 30.1 Å². The number of hydrogen-bond acceptors (Lipinski definition) is 4. The third-order valence-electron chi connectivity index (χ3n) is 2.97. The predicted molar refractivity (Wildman–Crippen MR) is 73.5 cm³/mol. The highest BCUT2D eigenvalue weighted by molar-refractivity contribution is 5.00. The Morgan fingerprint density at radius 2 is 2.05 bits per heavy atom. The molecule has 2 rings (SSSR count). The van der Waals surface area contributed by atoms with E-state index < -0.39 is 0 Å². The van der Waals surface area contributed by atoms with E-state index in [4.69, 9.17) is 0 Å². The molecule has 0 atom stereocenters. The van der Waals surface area contributed by atoms with Crippen LogP contribution in [0.25, 0.3) is 0 Å². The van der Waals surface area contributed by atoms with Gasteiger partial charge in [-0.15, -0.1) is 0 Å². The molecule has 0 amide bonds. The Morgan fingerprint density at radius 3 is 2.68 bits per heavy atom. The molecule has 2 heterocycles. The van der Waals surface area contributed by atoms with Gasteiger partial charge in [-0.2, -0.15) is 10.2 Å². The van der Waals surface area contributed by atoms with Crippen LogP contribution < -0.4 is 5.32 Å². The summed E-state index contributed by atoms with van der Waals surface area (Å²) in [6.45, 7) is 7.98. The van der Waals surface area contributed by atoms with Gasteiger partial charge in [0.2, 0.25) is 0 Å². The lowest BCUT2D eigenvalue weighted by Gasteiger charge is -2.20. The molecule has 0 saturated heterocycles. The van der Waals surface area contributed by atoms with E-state index in [1.165, 1.54) is 5.69 Å². The lowest BCUT2D eigenvalue weighted by Crippen LogP contribution is -2.36. The minimum atomic E-state index is 0.0822. The van der Waals surface area contributed by atoms with Crippen molar-refractivity contribution < 1.29 is 0 Å². The number of aryl methyl sites for hydroxylation is 3. The summed E-state index contributed by atoms with van der Waals surface area (Å²) < 4.78 is 3.84. The molecule has 0 bridgehead atoms. The van der Waals surface area contributed by atoms with Gasteiger partial charge in [-0.1, -0.05) is 0 Å². The van der Waals surface area contributed by atoms with Crippen molar-refractivity contribution in [3.8, 4) is 0 Å². The van der Waals surface area contributed by atoms with E-state index in [-0.39, 0.29) is 5.54 Å². The molecule has 6 heteroatoms. The van der Waals surface area contributed by atoms with Crippen LogP contribution in [-0.2, 0) is 26.6 Å². The molecular weight excluding hydrogens is 240 g/mol. The van der Waals surface area contributed by atoms with Crippen LogP contribution in [0.2, 0.25) is 0 Å². The molecule has 0 fully saturated rings. The summed E-state index contributed by atoms with van der Waals surface area (Å²) >= 11 is 0. The van der Waals surface area contributed by atoms with Gasteiger partial charge in [0.15, 0.2) is 0 Å². The van der Waals surface area contributed by atoms with Gasteiger partial charge >= 0.3 is 0 Å². The molecule has 0 aromatic carbocycles. The molecular formula is C13H22N6. The van der Waals surface area contributed by atoms with E-state index in [2.05, 4.69) is 41.3 Å². The van der Waals surface area contributed by atoms with E-state index in [0.29, 0.717) is 0 Å². The molecule has 19 heavy (non-hydrogen) atoms. The van der Waals surface area contributed by atoms with Crippen molar-refractivity contribution in [2.24, 2.45) is 7.05 Å². The molecule has 2 aromatic rings. The van der Waals surface area contributed by atoms with Crippen molar-refractivity contribution in [3.05, 3.63) is 30.1 Å². The number of nitrogens with one attached hydrogen (secondary N) is 1. The van der Waals surface area contributed by atoms with E-state index in [9.17, 15) is 0 Å². The number of aromatic nitrogens is 5. The monoisotopic (exact) mass is 262 g/mol. The van der Waals surface area contributed by atoms with Crippen LogP contribution in [0.1, 0.15) is 32.3 Å². The summed E-state index contributed by atoms with van der Waals surface area (Å²) in [5.41, 5.74) is 1.28. The molecule has 6 nitrogen and oxygen atoms in total. The first-order chi connectivity index (χ1) is 8.96. The van der Waals surface area contributed by atoms with Crippen LogP contribution in [0.4, 0.5) is 0 Å². The normalized spacial score (nSPS) is 12.0. The second-order valence-corrected chi connectivity index (χ2v) is 5.70. The van der Waals surface area contributed by atoms with Gasteiger partial charge in [-0.3, -0.25) is 4.68 Å². The number of hydrogen-bond donors (Lipinski definition) is 1. The van der Waals surface area contributed by atoms with Crippen molar-refractivity contribution in [2.45, 2.75) is 45.8 Å². The highest BCUT2D eigenvalue weighted by Crippen LogP contribution is 2.04. The Balaban J connectivity index is 1.94. The van der Waals surface area contributed by atoms with Crippen LogP contribution in [0.3, 0.4) is 0 Å². The average Bonchev–Trinajstić information content (AvgIpc) is 2.91. The van der Waals surface area contributed by atoms with Gasteiger partial charge in [0.05, 0.1) is 6.54 Å². The second kappa shape index (κ2) is 5.52. The summed E-state index contributed by atoms with van der Waals surface area (Å²) in [4.78, 5) is 4.31. The average molecular weight is 262 g/mol. The summed E-state index contributed by atoms with van der Waals surface area (Å²) in [6, 6.07) is 2.03. The van der Waals surface area contributed by atoms with Gasteiger partial charge in [0.1, 0.15) is 12.2 Å².